The van der Waals surface area contributed by atoms with E-state index in [4.69, 9.17) is 5.11 Å². The van der Waals surface area contributed by atoms with E-state index >= 15 is 0 Å². The second kappa shape index (κ2) is 5.61. The van der Waals surface area contributed by atoms with Crippen molar-refractivity contribution in [1.82, 2.24) is 0 Å². The average Bonchev–Trinajstić information content (AvgIpc) is 2.28. The van der Waals surface area contributed by atoms with E-state index in [1.165, 1.54) is 6.07 Å². The normalized spacial score (nSPS) is 12.2. The van der Waals surface area contributed by atoms with Crippen molar-refractivity contribution in [3.63, 3.8) is 0 Å². The SMILES string of the molecule is CC(CCN(C)c1ccc(F)c(F)c1)C(=O)O. The van der Waals surface area contributed by atoms with Crippen LogP contribution in [0.25, 0.3) is 0 Å². The number of rotatable bonds is 5. The molecule has 0 saturated heterocycles. The summed E-state index contributed by atoms with van der Waals surface area (Å²) >= 11 is 0. The van der Waals surface area contributed by atoms with Crippen molar-refractivity contribution in [2.24, 2.45) is 5.92 Å². The van der Waals surface area contributed by atoms with E-state index < -0.39 is 23.5 Å². The first-order chi connectivity index (χ1) is 7.91. The number of benzene rings is 1. The van der Waals surface area contributed by atoms with Gasteiger partial charge in [0.15, 0.2) is 11.6 Å². The largest absolute Gasteiger partial charge is 0.481 e. The lowest BCUT2D eigenvalue weighted by Gasteiger charge is -2.20. The van der Waals surface area contributed by atoms with Crippen molar-refractivity contribution >= 4 is 11.7 Å². The van der Waals surface area contributed by atoms with E-state index in [0.29, 0.717) is 18.7 Å². The predicted octanol–water partition coefficient (Wildman–Crippen LogP) is 2.51. The minimum absolute atomic E-state index is 0.449. The van der Waals surface area contributed by atoms with Crippen LogP contribution in [0.5, 0.6) is 0 Å². The summed E-state index contributed by atoms with van der Waals surface area (Å²) in [5.41, 5.74) is 0.529. The highest BCUT2D eigenvalue weighted by atomic mass is 19.2. The van der Waals surface area contributed by atoms with Crippen molar-refractivity contribution in [2.45, 2.75) is 13.3 Å². The van der Waals surface area contributed by atoms with Crippen LogP contribution in [0.2, 0.25) is 0 Å². The summed E-state index contributed by atoms with van der Waals surface area (Å²) in [7, 11) is 1.71. The highest BCUT2D eigenvalue weighted by Gasteiger charge is 2.12. The Hall–Kier alpha value is -1.65. The Morgan fingerprint density at radius 1 is 1.41 bits per heavy atom. The van der Waals surface area contributed by atoms with Crippen LogP contribution in [-0.4, -0.2) is 24.7 Å². The molecule has 0 amide bonds. The summed E-state index contributed by atoms with van der Waals surface area (Å²) in [4.78, 5) is 12.3. The van der Waals surface area contributed by atoms with Crippen LogP contribution < -0.4 is 4.90 Å². The minimum atomic E-state index is -0.902. The summed E-state index contributed by atoms with van der Waals surface area (Å²) in [5, 5.41) is 8.72. The number of carboxylic acid groups (broad SMARTS) is 1. The molecule has 0 aliphatic carbocycles. The molecule has 17 heavy (non-hydrogen) atoms. The third kappa shape index (κ3) is 3.69. The van der Waals surface area contributed by atoms with Crippen molar-refractivity contribution in [3.05, 3.63) is 29.8 Å². The van der Waals surface area contributed by atoms with Gasteiger partial charge in [0.25, 0.3) is 0 Å². The number of nitrogens with zero attached hydrogens (tertiary/aromatic N) is 1. The van der Waals surface area contributed by atoms with Gasteiger partial charge in [-0.05, 0) is 18.6 Å². The zero-order valence-electron chi connectivity index (χ0n) is 9.78. The molecule has 0 spiro atoms. The first-order valence-corrected chi connectivity index (χ1v) is 5.31. The van der Waals surface area contributed by atoms with Gasteiger partial charge in [0.1, 0.15) is 0 Å². The Morgan fingerprint density at radius 2 is 2.06 bits per heavy atom. The number of hydrogen-bond donors (Lipinski definition) is 1. The first-order valence-electron chi connectivity index (χ1n) is 5.31. The van der Waals surface area contributed by atoms with Gasteiger partial charge in [-0.2, -0.15) is 0 Å². The summed E-state index contributed by atoms with van der Waals surface area (Å²) in [6, 6.07) is 3.62. The fourth-order valence-corrected chi connectivity index (χ4v) is 1.36. The van der Waals surface area contributed by atoms with Crippen LogP contribution in [0.4, 0.5) is 14.5 Å². The van der Waals surface area contributed by atoms with Crippen LogP contribution in [0.1, 0.15) is 13.3 Å². The van der Waals surface area contributed by atoms with Crippen LogP contribution in [0, 0.1) is 17.6 Å². The number of halogens is 2. The third-order valence-corrected chi connectivity index (χ3v) is 2.66. The quantitative estimate of drug-likeness (QED) is 0.863. The first kappa shape index (κ1) is 13.4. The molecule has 1 aromatic carbocycles. The molecule has 0 radical (unpaired) electrons. The molecule has 0 aliphatic heterocycles. The molecule has 1 aromatic rings. The summed E-state index contributed by atoms with van der Waals surface area (Å²) < 4.78 is 25.7. The second-order valence-electron chi connectivity index (χ2n) is 4.05. The Morgan fingerprint density at radius 3 is 2.59 bits per heavy atom. The summed E-state index contributed by atoms with van der Waals surface area (Å²) in [5.74, 6) is -3.10. The molecular formula is C12H15F2NO2. The van der Waals surface area contributed by atoms with Crippen LogP contribution in [0.3, 0.4) is 0 Å². The molecule has 0 aliphatic rings. The monoisotopic (exact) mass is 243 g/mol. The fourth-order valence-electron chi connectivity index (χ4n) is 1.36. The van der Waals surface area contributed by atoms with Crippen molar-refractivity contribution < 1.29 is 18.7 Å². The number of hydrogen-bond acceptors (Lipinski definition) is 2. The van der Waals surface area contributed by atoms with Crippen LogP contribution in [-0.2, 0) is 4.79 Å². The average molecular weight is 243 g/mol. The van der Waals surface area contributed by atoms with Crippen molar-refractivity contribution in [1.29, 1.82) is 0 Å². The second-order valence-corrected chi connectivity index (χ2v) is 4.05. The van der Waals surface area contributed by atoms with Gasteiger partial charge in [0.05, 0.1) is 5.92 Å². The molecule has 0 saturated carbocycles. The number of carboxylic acids is 1. The topological polar surface area (TPSA) is 40.5 Å². The maximum absolute atomic E-state index is 13.0. The molecule has 1 rings (SSSR count). The van der Waals surface area contributed by atoms with Gasteiger partial charge in [-0.3, -0.25) is 4.79 Å². The van der Waals surface area contributed by atoms with Gasteiger partial charge < -0.3 is 10.0 Å². The van der Waals surface area contributed by atoms with E-state index in [2.05, 4.69) is 0 Å². The molecule has 3 nitrogen and oxygen atoms in total. The molecule has 1 atom stereocenters. The smallest absolute Gasteiger partial charge is 0.306 e. The van der Waals surface area contributed by atoms with Crippen molar-refractivity contribution in [3.8, 4) is 0 Å². The maximum atomic E-state index is 13.0. The van der Waals surface area contributed by atoms with Gasteiger partial charge in [0, 0.05) is 25.3 Å². The lowest BCUT2D eigenvalue weighted by Crippen LogP contribution is -2.23. The zero-order chi connectivity index (χ0) is 13.0. The van der Waals surface area contributed by atoms with Gasteiger partial charge in [-0.1, -0.05) is 6.92 Å². The Bertz CT molecular complexity index is 409. The minimum Gasteiger partial charge on any atom is -0.481 e. The van der Waals surface area contributed by atoms with Gasteiger partial charge in [-0.15, -0.1) is 0 Å². The molecular weight excluding hydrogens is 228 g/mol. The zero-order valence-corrected chi connectivity index (χ0v) is 9.78. The Kier molecular flexibility index (Phi) is 4.43. The van der Waals surface area contributed by atoms with Gasteiger partial charge in [0.2, 0.25) is 0 Å². The van der Waals surface area contributed by atoms with Crippen molar-refractivity contribution in [2.75, 3.05) is 18.5 Å². The highest BCUT2D eigenvalue weighted by molar-refractivity contribution is 5.69. The van der Waals surface area contributed by atoms with Gasteiger partial charge in [-0.25, -0.2) is 8.78 Å². The molecule has 0 aromatic heterocycles. The van der Waals surface area contributed by atoms with E-state index in [1.54, 1.807) is 18.9 Å². The summed E-state index contributed by atoms with van der Waals surface area (Å²) in [6.45, 7) is 2.08. The lowest BCUT2D eigenvalue weighted by molar-refractivity contribution is -0.141. The third-order valence-electron chi connectivity index (χ3n) is 2.66. The van der Waals surface area contributed by atoms with Crippen LogP contribution >= 0.6 is 0 Å². The molecule has 0 heterocycles. The molecule has 5 heteroatoms. The van der Waals surface area contributed by atoms with E-state index in [1.807, 2.05) is 0 Å². The summed E-state index contributed by atoms with van der Waals surface area (Å²) in [6.07, 6.45) is 0.449. The number of aliphatic carboxylic acids is 1. The molecule has 0 bridgehead atoms. The van der Waals surface area contributed by atoms with E-state index in [9.17, 15) is 13.6 Å². The van der Waals surface area contributed by atoms with E-state index in [-0.39, 0.29) is 0 Å². The van der Waals surface area contributed by atoms with Crippen LogP contribution in [0.15, 0.2) is 18.2 Å². The Balaban J connectivity index is 2.60. The fraction of sp³-hybridized carbons (Fsp3) is 0.417. The number of carbonyl (C=O) groups is 1. The molecule has 1 N–H and O–H groups in total. The Labute approximate surface area is 98.7 Å². The lowest BCUT2D eigenvalue weighted by atomic mass is 10.1. The maximum Gasteiger partial charge on any atom is 0.306 e. The standard InChI is InChI=1S/C12H15F2NO2/c1-8(12(16)17)5-6-15(2)9-3-4-10(13)11(14)7-9/h3-4,7-8H,5-6H2,1-2H3,(H,16,17). The van der Waals surface area contributed by atoms with Gasteiger partial charge >= 0.3 is 5.97 Å². The van der Waals surface area contributed by atoms with E-state index in [0.717, 1.165) is 12.1 Å². The highest BCUT2D eigenvalue weighted by Crippen LogP contribution is 2.17. The molecule has 1 unspecified atom stereocenters. The molecule has 0 fully saturated rings. The molecule has 94 valence electrons. The number of anilines is 1. The predicted molar refractivity (Wildman–Crippen MR) is 61.0 cm³/mol.